The fourth-order valence-electron chi connectivity index (χ4n) is 7.41. The van der Waals surface area contributed by atoms with Gasteiger partial charge in [-0.25, -0.2) is 4.98 Å². The first-order chi connectivity index (χ1) is 27.9. The Hall–Kier alpha value is -5.66. The first kappa shape index (κ1) is 35.7. The van der Waals surface area contributed by atoms with Crippen molar-refractivity contribution in [3.63, 3.8) is 0 Å². The second-order valence-corrected chi connectivity index (χ2v) is 20.5. The van der Waals surface area contributed by atoms with Gasteiger partial charge >= 0.3 is 0 Å². The minimum absolute atomic E-state index is 0. The Balaban J connectivity index is 0.000000183. The minimum Gasteiger partial charge on any atom is -0.486 e. The van der Waals surface area contributed by atoms with Crippen LogP contribution in [0, 0.1) is 25.0 Å². The Morgan fingerprint density at radius 1 is 0.754 bits per heavy atom. The fourth-order valence-corrected chi connectivity index (χ4v) is 8.81. The number of imidazole rings is 1. The van der Waals surface area contributed by atoms with E-state index in [4.69, 9.17) is 16.6 Å². The van der Waals surface area contributed by atoms with Crippen molar-refractivity contribution < 1.29 is 31.7 Å². The summed E-state index contributed by atoms with van der Waals surface area (Å²) in [7, 11) is -1.67. The fraction of sp³-hybridized carbons (Fsp3) is 0.163. The molecule has 0 aliphatic rings. The molecule has 285 valence electrons. The third kappa shape index (κ3) is 7.14. The molecule has 0 atom stereocenters. The van der Waals surface area contributed by atoms with Gasteiger partial charge in [0.25, 0.3) is 0 Å². The molecule has 5 heterocycles. The van der Waals surface area contributed by atoms with Crippen LogP contribution in [0.1, 0.15) is 27.8 Å². The number of pyridine rings is 2. The van der Waals surface area contributed by atoms with Crippen LogP contribution in [-0.4, -0.2) is 27.6 Å². The standard InChI is InChI=1S/C31H18N3O2.C18H24NSi.Ir/c1-18-16-17-22-21-9-6-11-23(28(21)36-31(22)32-18)30-33-24-12-3-4-13-25(24)34(30)26-14-7-10-20-19-8-2-5-15-27(19)35-29(20)26;1-14(2)11-16-12-17(15-9-7-6-8-10-15)19-13-18(16)20(3,4)5;/h2-10,12-17H,1H3;6-9,12-14H,11H2,1-5H3;/q2*-1;/i;11D2;. The summed E-state index contributed by atoms with van der Waals surface area (Å²) in [4.78, 5) is 14.3. The van der Waals surface area contributed by atoms with Gasteiger partial charge in [0, 0.05) is 50.9 Å². The molecule has 57 heavy (non-hydrogen) atoms. The van der Waals surface area contributed by atoms with Crippen LogP contribution in [0.5, 0.6) is 0 Å². The molecule has 0 fully saturated rings. The van der Waals surface area contributed by atoms with E-state index in [1.54, 1.807) is 0 Å². The molecule has 0 N–H and O–H groups in total. The van der Waals surface area contributed by atoms with Crippen LogP contribution in [0.15, 0.2) is 136 Å². The van der Waals surface area contributed by atoms with E-state index in [9.17, 15) is 0 Å². The zero-order valence-corrected chi connectivity index (χ0v) is 36.0. The second kappa shape index (κ2) is 15.4. The number of furan rings is 2. The molecule has 0 aliphatic carbocycles. The van der Waals surface area contributed by atoms with Crippen LogP contribution in [0.2, 0.25) is 19.6 Å². The van der Waals surface area contributed by atoms with E-state index in [2.05, 4.69) is 82.7 Å². The van der Waals surface area contributed by atoms with Gasteiger partial charge in [0.05, 0.1) is 36.2 Å². The molecule has 10 aromatic rings. The van der Waals surface area contributed by atoms with Gasteiger partial charge in [0.15, 0.2) is 5.58 Å². The van der Waals surface area contributed by atoms with Gasteiger partial charge in [0.2, 0.25) is 5.71 Å². The number of hydrogen-bond acceptors (Lipinski definition) is 5. The molecule has 0 saturated carbocycles. The van der Waals surface area contributed by atoms with Crippen LogP contribution < -0.4 is 5.19 Å². The molecule has 5 aromatic carbocycles. The number of rotatable bonds is 6. The third-order valence-corrected chi connectivity index (χ3v) is 12.0. The Morgan fingerprint density at radius 2 is 1.53 bits per heavy atom. The summed E-state index contributed by atoms with van der Waals surface area (Å²) >= 11 is 0. The van der Waals surface area contributed by atoms with Crippen LogP contribution in [0.3, 0.4) is 0 Å². The zero-order chi connectivity index (χ0) is 40.3. The molecule has 8 heteroatoms. The van der Waals surface area contributed by atoms with Gasteiger partial charge in [-0.3, -0.25) is 4.98 Å². The molecule has 6 nitrogen and oxygen atoms in total. The van der Waals surface area contributed by atoms with Crippen molar-refractivity contribution in [3.05, 3.63) is 151 Å². The molecule has 0 bridgehead atoms. The maximum absolute atomic E-state index is 8.55. The summed E-state index contributed by atoms with van der Waals surface area (Å²) in [6.07, 6.45) is 0.528. The summed E-state index contributed by atoms with van der Waals surface area (Å²) in [5.41, 5.74) is 10.00. The van der Waals surface area contributed by atoms with E-state index >= 15 is 0 Å². The number of fused-ring (bicyclic) bond motifs is 7. The molecule has 0 unspecified atom stereocenters. The molecule has 10 rings (SSSR count). The number of benzene rings is 5. The van der Waals surface area contributed by atoms with Gasteiger partial charge in [-0.15, -0.1) is 54.1 Å². The van der Waals surface area contributed by atoms with Crippen LogP contribution in [0.4, 0.5) is 0 Å². The van der Waals surface area contributed by atoms with Gasteiger partial charge in [-0.2, -0.15) is 0 Å². The quantitative estimate of drug-likeness (QED) is 0.123. The zero-order valence-electron chi connectivity index (χ0n) is 34.6. The van der Waals surface area contributed by atoms with Crippen molar-refractivity contribution in [2.75, 3.05) is 0 Å². The summed E-state index contributed by atoms with van der Waals surface area (Å²) in [5, 5.41) is 5.23. The average Bonchev–Trinajstić information content (AvgIpc) is 3.92. The van der Waals surface area contributed by atoms with Crippen molar-refractivity contribution in [2.45, 2.75) is 46.8 Å². The van der Waals surface area contributed by atoms with Crippen molar-refractivity contribution in [1.29, 1.82) is 0 Å². The van der Waals surface area contributed by atoms with Gasteiger partial charge < -0.3 is 18.4 Å². The van der Waals surface area contributed by atoms with E-state index in [1.165, 1.54) is 0 Å². The number of aryl methyl sites for hydroxylation is 1. The molecule has 5 aromatic heterocycles. The van der Waals surface area contributed by atoms with Crippen LogP contribution in [-0.2, 0) is 26.5 Å². The molecule has 0 saturated heterocycles. The van der Waals surface area contributed by atoms with E-state index < -0.39 is 14.4 Å². The topological polar surface area (TPSA) is 69.9 Å². The predicted molar refractivity (Wildman–Crippen MR) is 232 cm³/mol. The van der Waals surface area contributed by atoms with Crippen LogP contribution in [0.25, 0.3) is 83.4 Å². The van der Waals surface area contributed by atoms with Crippen molar-refractivity contribution in [3.8, 4) is 28.3 Å². The molecular formula is C49H42IrN4O2Si-2. The summed E-state index contributed by atoms with van der Waals surface area (Å²) < 4.78 is 32.0. The summed E-state index contributed by atoms with van der Waals surface area (Å²) in [5.74, 6) is 0.656. The molecular weight excluding hydrogens is 897 g/mol. The first-order valence-corrected chi connectivity index (χ1v) is 22.5. The minimum atomic E-state index is -1.67. The molecule has 0 amide bonds. The van der Waals surface area contributed by atoms with Gasteiger partial charge in [0.1, 0.15) is 5.58 Å². The normalized spacial score (nSPS) is 12.5. The van der Waals surface area contributed by atoms with E-state index in [-0.39, 0.29) is 26.0 Å². The predicted octanol–water partition coefficient (Wildman–Crippen LogP) is 12.3. The first-order valence-electron chi connectivity index (χ1n) is 20.0. The molecule has 0 aliphatic heterocycles. The largest absolute Gasteiger partial charge is 0.486 e. The number of aromatic nitrogens is 4. The summed E-state index contributed by atoms with van der Waals surface area (Å²) in [6.45, 7) is 12.5. The molecule has 0 spiro atoms. The Morgan fingerprint density at radius 3 is 2.33 bits per heavy atom. The van der Waals surface area contributed by atoms with Crippen molar-refractivity contribution in [2.24, 2.45) is 5.92 Å². The third-order valence-electron chi connectivity index (χ3n) is 9.99. The Kier molecular flexibility index (Phi) is 9.62. The second-order valence-electron chi connectivity index (χ2n) is 15.5. The van der Waals surface area contributed by atoms with E-state index in [0.717, 1.165) is 94.1 Å². The Labute approximate surface area is 349 Å². The molecule has 1 radical (unpaired) electrons. The number of nitrogens with zero attached hydrogens (tertiary/aromatic N) is 4. The van der Waals surface area contributed by atoms with E-state index in [1.807, 2.05) is 112 Å². The Bertz CT molecular complexity index is 3150. The van der Waals surface area contributed by atoms with Crippen molar-refractivity contribution in [1.82, 2.24) is 19.5 Å². The SMILES string of the molecule is Cc1ccc2c(n1)oc1c(-c3nc4ccccc4n3-c3cccc4c3oc3ccccc34)[c-]ccc12.[2H]C([2H])(c1cc(-c2[c-]cccc2)ncc1[Si](C)(C)C)C(C)C.[Ir]. The maximum atomic E-state index is 8.55. The average molecular weight is 941 g/mol. The number of hydrogen-bond donors (Lipinski definition) is 0. The smallest absolute Gasteiger partial charge is 0.216 e. The summed E-state index contributed by atoms with van der Waals surface area (Å²) in [6, 6.07) is 46.8. The van der Waals surface area contributed by atoms with Crippen LogP contribution >= 0.6 is 0 Å². The van der Waals surface area contributed by atoms with Gasteiger partial charge in [-0.05, 0) is 66.5 Å². The van der Waals surface area contributed by atoms with Gasteiger partial charge in [-0.1, -0.05) is 98.5 Å². The number of para-hydroxylation sites is 4. The van der Waals surface area contributed by atoms with Crippen molar-refractivity contribution >= 4 is 68.3 Å². The monoisotopic (exact) mass is 941 g/mol. The maximum Gasteiger partial charge on any atom is 0.216 e. The van der Waals surface area contributed by atoms with E-state index in [0.29, 0.717) is 5.71 Å².